The fraction of sp³-hybridized carbons (Fsp3) is 0.538. The van der Waals surface area contributed by atoms with E-state index in [0.29, 0.717) is 12.6 Å². The van der Waals surface area contributed by atoms with Crippen LogP contribution in [0.5, 0.6) is 0 Å². The molecule has 1 heterocycles. The fourth-order valence-electron chi connectivity index (χ4n) is 2.33. The number of hydrogen-bond donors (Lipinski definition) is 2. The molecule has 0 radical (unpaired) electrons. The number of nitrogens with one attached hydrogen (secondary N) is 1. The molecule has 0 bridgehead atoms. The van der Waals surface area contributed by atoms with E-state index in [1.165, 1.54) is 17.7 Å². The summed E-state index contributed by atoms with van der Waals surface area (Å²) >= 11 is 0. The van der Waals surface area contributed by atoms with E-state index in [2.05, 4.69) is 41.4 Å². The lowest BCUT2D eigenvalue weighted by Gasteiger charge is -2.37. The number of nitrogens with zero attached hydrogens (tertiary/aromatic N) is 1. The minimum atomic E-state index is 0.613. The van der Waals surface area contributed by atoms with Crippen LogP contribution in [0.2, 0.25) is 0 Å². The third-order valence-electron chi connectivity index (χ3n) is 3.30. The molecule has 2 rings (SSSR count). The van der Waals surface area contributed by atoms with Crippen LogP contribution in [-0.2, 0) is 6.54 Å². The summed E-state index contributed by atoms with van der Waals surface area (Å²) in [6.07, 6.45) is 1.18. The first kappa shape index (κ1) is 11.4. The van der Waals surface area contributed by atoms with E-state index in [9.17, 15) is 0 Å². The molecule has 3 N–H and O–H groups in total. The fourth-order valence-corrected chi connectivity index (χ4v) is 2.33. The van der Waals surface area contributed by atoms with Crippen molar-refractivity contribution in [3.8, 4) is 0 Å². The Morgan fingerprint density at radius 3 is 3.12 bits per heavy atom. The summed E-state index contributed by atoms with van der Waals surface area (Å²) in [5, 5.41) is 3.45. The highest BCUT2D eigenvalue weighted by Crippen LogP contribution is 2.21. The van der Waals surface area contributed by atoms with Crippen molar-refractivity contribution in [3.63, 3.8) is 0 Å². The SMILES string of the molecule is CCC1CNCCN1c1cccc(CN)c1. The van der Waals surface area contributed by atoms with E-state index < -0.39 is 0 Å². The van der Waals surface area contributed by atoms with Crippen LogP contribution in [0.1, 0.15) is 18.9 Å². The van der Waals surface area contributed by atoms with Gasteiger partial charge in [-0.15, -0.1) is 0 Å². The molecule has 0 amide bonds. The van der Waals surface area contributed by atoms with Gasteiger partial charge < -0.3 is 16.0 Å². The topological polar surface area (TPSA) is 41.3 Å². The first-order valence-corrected chi connectivity index (χ1v) is 6.11. The lowest BCUT2D eigenvalue weighted by Crippen LogP contribution is -2.51. The number of hydrogen-bond acceptors (Lipinski definition) is 3. The smallest absolute Gasteiger partial charge is 0.0412 e. The number of anilines is 1. The molecule has 0 aliphatic carbocycles. The van der Waals surface area contributed by atoms with Crippen LogP contribution in [0.15, 0.2) is 24.3 Å². The summed E-state index contributed by atoms with van der Waals surface area (Å²) in [6.45, 7) is 6.12. The lowest BCUT2D eigenvalue weighted by atomic mass is 10.1. The summed E-state index contributed by atoms with van der Waals surface area (Å²) in [5.74, 6) is 0. The van der Waals surface area contributed by atoms with E-state index in [1.807, 2.05) is 0 Å². The average Bonchev–Trinajstić information content (AvgIpc) is 2.38. The van der Waals surface area contributed by atoms with Gasteiger partial charge in [0.05, 0.1) is 0 Å². The Kier molecular flexibility index (Phi) is 3.80. The van der Waals surface area contributed by atoms with Crippen molar-refractivity contribution >= 4 is 5.69 Å². The van der Waals surface area contributed by atoms with E-state index >= 15 is 0 Å². The Balaban J connectivity index is 2.20. The van der Waals surface area contributed by atoms with Gasteiger partial charge in [0, 0.05) is 37.9 Å². The zero-order valence-electron chi connectivity index (χ0n) is 9.95. The highest BCUT2D eigenvalue weighted by atomic mass is 15.2. The van der Waals surface area contributed by atoms with E-state index in [4.69, 9.17) is 5.73 Å². The van der Waals surface area contributed by atoms with Crippen LogP contribution in [0.4, 0.5) is 5.69 Å². The van der Waals surface area contributed by atoms with Gasteiger partial charge in [-0.25, -0.2) is 0 Å². The zero-order chi connectivity index (χ0) is 11.4. The van der Waals surface area contributed by atoms with Crippen LogP contribution in [0.3, 0.4) is 0 Å². The van der Waals surface area contributed by atoms with Crippen LogP contribution < -0.4 is 16.0 Å². The first-order valence-electron chi connectivity index (χ1n) is 6.11. The third-order valence-corrected chi connectivity index (χ3v) is 3.30. The monoisotopic (exact) mass is 219 g/mol. The molecule has 1 aliphatic heterocycles. The molecule has 1 aromatic rings. The minimum Gasteiger partial charge on any atom is -0.366 e. The van der Waals surface area contributed by atoms with Gasteiger partial charge in [0.2, 0.25) is 0 Å². The van der Waals surface area contributed by atoms with Crippen molar-refractivity contribution in [2.45, 2.75) is 25.9 Å². The van der Waals surface area contributed by atoms with Crippen molar-refractivity contribution in [2.24, 2.45) is 5.73 Å². The van der Waals surface area contributed by atoms with Gasteiger partial charge in [0.15, 0.2) is 0 Å². The molecule has 1 saturated heterocycles. The highest BCUT2D eigenvalue weighted by Gasteiger charge is 2.20. The van der Waals surface area contributed by atoms with E-state index in [0.717, 1.165) is 19.6 Å². The minimum absolute atomic E-state index is 0.613. The largest absolute Gasteiger partial charge is 0.366 e. The van der Waals surface area contributed by atoms with Crippen LogP contribution in [0.25, 0.3) is 0 Å². The maximum atomic E-state index is 5.68. The van der Waals surface area contributed by atoms with Crippen LogP contribution in [-0.4, -0.2) is 25.7 Å². The molecule has 0 saturated carbocycles. The van der Waals surface area contributed by atoms with Gasteiger partial charge >= 0.3 is 0 Å². The molecule has 1 aromatic carbocycles. The number of nitrogens with two attached hydrogens (primary N) is 1. The second-order valence-corrected chi connectivity index (χ2v) is 4.33. The molecule has 1 unspecified atom stereocenters. The highest BCUT2D eigenvalue weighted by molar-refractivity contribution is 5.50. The van der Waals surface area contributed by atoms with E-state index in [-0.39, 0.29) is 0 Å². The molecule has 0 aromatic heterocycles. The molecular weight excluding hydrogens is 198 g/mol. The maximum Gasteiger partial charge on any atom is 0.0412 e. The Hall–Kier alpha value is -1.06. The second-order valence-electron chi connectivity index (χ2n) is 4.33. The van der Waals surface area contributed by atoms with Crippen molar-refractivity contribution < 1.29 is 0 Å². The van der Waals surface area contributed by atoms with Crippen molar-refractivity contribution in [1.82, 2.24) is 5.32 Å². The quantitative estimate of drug-likeness (QED) is 0.806. The van der Waals surface area contributed by atoms with E-state index in [1.54, 1.807) is 0 Å². The van der Waals surface area contributed by atoms with Crippen molar-refractivity contribution in [1.29, 1.82) is 0 Å². The van der Waals surface area contributed by atoms with Gasteiger partial charge in [-0.3, -0.25) is 0 Å². The summed E-state index contributed by atoms with van der Waals surface area (Å²) in [4.78, 5) is 2.50. The molecule has 1 aliphatic rings. The van der Waals surface area contributed by atoms with Crippen LogP contribution >= 0.6 is 0 Å². The van der Waals surface area contributed by atoms with Gasteiger partial charge in [-0.05, 0) is 24.1 Å². The number of rotatable bonds is 3. The number of benzene rings is 1. The standard InChI is InChI=1S/C13H21N3/c1-2-12-10-15-6-7-16(12)13-5-3-4-11(8-13)9-14/h3-5,8,12,15H,2,6-7,9-10,14H2,1H3. The predicted octanol–water partition coefficient (Wildman–Crippen LogP) is 1.33. The molecule has 3 nitrogen and oxygen atoms in total. The lowest BCUT2D eigenvalue weighted by molar-refractivity contribution is 0.466. The predicted molar refractivity (Wildman–Crippen MR) is 68.6 cm³/mol. The van der Waals surface area contributed by atoms with Gasteiger partial charge in [0.25, 0.3) is 0 Å². The van der Waals surface area contributed by atoms with Crippen LogP contribution in [0, 0.1) is 0 Å². The second kappa shape index (κ2) is 5.32. The molecule has 16 heavy (non-hydrogen) atoms. The Bertz CT molecular complexity index is 338. The maximum absolute atomic E-state index is 5.68. The summed E-state index contributed by atoms with van der Waals surface area (Å²) in [6, 6.07) is 9.21. The third kappa shape index (κ3) is 2.36. The number of piperazine rings is 1. The Morgan fingerprint density at radius 2 is 2.38 bits per heavy atom. The molecule has 1 fully saturated rings. The van der Waals surface area contributed by atoms with Gasteiger partial charge in [0.1, 0.15) is 0 Å². The van der Waals surface area contributed by atoms with Crippen molar-refractivity contribution in [3.05, 3.63) is 29.8 Å². The summed E-state index contributed by atoms with van der Waals surface area (Å²) < 4.78 is 0. The summed E-state index contributed by atoms with van der Waals surface area (Å²) in [7, 11) is 0. The molecule has 1 atom stereocenters. The van der Waals surface area contributed by atoms with Crippen molar-refractivity contribution in [2.75, 3.05) is 24.5 Å². The Morgan fingerprint density at radius 1 is 1.50 bits per heavy atom. The van der Waals surface area contributed by atoms with Gasteiger partial charge in [-0.2, -0.15) is 0 Å². The normalized spacial score (nSPS) is 21.1. The molecule has 3 heteroatoms. The average molecular weight is 219 g/mol. The molecular formula is C13H21N3. The zero-order valence-corrected chi connectivity index (χ0v) is 9.95. The first-order chi connectivity index (χ1) is 7.85. The molecule has 0 spiro atoms. The Labute approximate surface area is 97.6 Å². The summed E-state index contributed by atoms with van der Waals surface area (Å²) in [5.41, 5.74) is 8.21. The van der Waals surface area contributed by atoms with Gasteiger partial charge in [-0.1, -0.05) is 19.1 Å². The molecule has 88 valence electrons.